The van der Waals surface area contributed by atoms with Gasteiger partial charge in [-0.2, -0.15) is 0 Å². The molecule has 2 aromatic carbocycles. The maximum atomic E-state index is 13.1. The van der Waals surface area contributed by atoms with E-state index in [-0.39, 0.29) is 5.92 Å². The van der Waals surface area contributed by atoms with Gasteiger partial charge in [-0.25, -0.2) is 0 Å². The lowest BCUT2D eigenvalue weighted by molar-refractivity contribution is -0.139. The van der Waals surface area contributed by atoms with Gasteiger partial charge >= 0.3 is 0 Å². The molecule has 0 radical (unpaired) electrons. The zero-order valence-electron chi connectivity index (χ0n) is 18.3. The highest BCUT2D eigenvalue weighted by Gasteiger charge is 2.30. The molecule has 0 unspecified atom stereocenters. The average molecular weight is 442 g/mol. The van der Waals surface area contributed by atoms with E-state index in [4.69, 9.17) is 16.3 Å². The van der Waals surface area contributed by atoms with E-state index in [1.165, 1.54) is 11.1 Å². The molecule has 0 bridgehead atoms. The van der Waals surface area contributed by atoms with E-state index in [9.17, 15) is 4.79 Å². The molecule has 2 aliphatic rings. The van der Waals surface area contributed by atoms with Gasteiger partial charge in [-0.1, -0.05) is 35.9 Å². The predicted molar refractivity (Wildman–Crippen MR) is 124 cm³/mol. The summed E-state index contributed by atoms with van der Waals surface area (Å²) in [5.41, 5.74) is 2.53. The van der Waals surface area contributed by atoms with Crippen molar-refractivity contribution < 1.29 is 9.53 Å². The first kappa shape index (κ1) is 22.1. The third kappa shape index (κ3) is 6.00. The van der Waals surface area contributed by atoms with Crippen molar-refractivity contribution in [3.63, 3.8) is 0 Å². The fraction of sp³-hybridized carbons (Fsp3) is 0.480. The summed E-state index contributed by atoms with van der Waals surface area (Å²) in [7, 11) is 1.69. The van der Waals surface area contributed by atoms with Gasteiger partial charge in [-0.05, 0) is 61.3 Å². The van der Waals surface area contributed by atoms with Crippen molar-refractivity contribution in [3.8, 4) is 5.75 Å². The first-order valence-corrected chi connectivity index (χ1v) is 11.6. The number of ether oxygens (including phenoxy) is 1. The van der Waals surface area contributed by atoms with Crippen LogP contribution in [0.3, 0.4) is 0 Å². The molecule has 0 atom stereocenters. The Morgan fingerprint density at radius 1 is 0.903 bits per heavy atom. The Labute approximate surface area is 190 Å². The third-order valence-corrected chi connectivity index (χ3v) is 6.72. The molecule has 1 amide bonds. The summed E-state index contributed by atoms with van der Waals surface area (Å²) in [6.07, 6.45) is 1.91. The van der Waals surface area contributed by atoms with Crippen LogP contribution in [0.25, 0.3) is 0 Å². The lowest BCUT2D eigenvalue weighted by Crippen LogP contribution is -2.51. The quantitative estimate of drug-likeness (QED) is 0.681. The van der Waals surface area contributed by atoms with Gasteiger partial charge in [0.15, 0.2) is 0 Å². The zero-order valence-corrected chi connectivity index (χ0v) is 19.1. The number of benzene rings is 2. The van der Waals surface area contributed by atoms with Crippen molar-refractivity contribution in [2.45, 2.75) is 25.9 Å². The van der Waals surface area contributed by atoms with Crippen molar-refractivity contribution in [2.24, 2.45) is 5.92 Å². The highest BCUT2D eigenvalue weighted by molar-refractivity contribution is 6.30. The molecule has 2 heterocycles. The number of likely N-dealkylation sites (tertiary alicyclic amines) is 1. The molecule has 5 nitrogen and oxygen atoms in total. The standard InChI is InChI=1S/C25H32ClN3O2/c1-31-24-7-5-20(6-8-24)18-27-11-9-22(10-12-27)25(30)29-15-13-28(14-16-29)19-21-3-2-4-23(26)17-21/h2-8,17,22H,9-16,18-19H2,1H3. The number of piperidine rings is 1. The van der Waals surface area contributed by atoms with Gasteiger partial charge in [0.2, 0.25) is 5.91 Å². The highest BCUT2D eigenvalue weighted by atomic mass is 35.5. The Bertz CT molecular complexity index is 857. The largest absolute Gasteiger partial charge is 0.497 e. The minimum atomic E-state index is 0.173. The number of piperazine rings is 1. The predicted octanol–water partition coefficient (Wildman–Crippen LogP) is 3.91. The Morgan fingerprint density at radius 2 is 1.55 bits per heavy atom. The number of carbonyl (C=O) groups excluding carboxylic acids is 1. The van der Waals surface area contributed by atoms with Crippen LogP contribution in [0.4, 0.5) is 0 Å². The number of methoxy groups -OCH3 is 1. The van der Waals surface area contributed by atoms with Gasteiger partial charge in [0.1, 0.15) is 5.75 Å². The molecule has 0 N–H and O–H groups in total. The van der Waals surface area contributed by atoms with E-state index in [0.29, 0.717) is 5.91 Å². The highest BCUT2D eigenvalue weighted by Crippen LogP contribution is 2.23. The van der Waals surface area contributed by atoms with E-state index < -0.39 is 0 Å². The van der Waals surface area contributed by atoms with Crippen molar-refractivity contribution in [1.82, 2.24) is 14.7 Å². The molecule has 0 aliphatic carbocycles. The smallest absolute Gasteiger partial charge is 0.225 e. The number of hydrogen-bond acceptors (Lipinski definition) is 4. The van der Waals surface area contributed by atoms with Gasteiger partial charge in [0.05, 0.1) is 7.11 Å². The maximum absolute atomic E-state index is 13.1. The minimum absolute atomic E-state index is 0.173. The molecule has 0 spiro atoms. The summed E-state index contributed by atoms with van der Waals surface area (Å²) in [5.74, 6) is 1.42. The molecule has 0 saturated carbocycles. The number of nitrogens with zero attached hydrogens (tertiary/aromatic N) is 3. The van der Waals surface area contributed by atoms with Crippen LogP contribution in [0.5, 0.6) is 5.75 Å². The molecule has 4 rings (SSSR count). The first-order valence-electron chi connectivity index (χ1n) is 11.2. The van der Waals surface area contributed by atoms with Crippen molar-refractivity contribution >= 4 is 17.5 Å². The van der Waals surface area contributed by atoms with Crippen LogP contribution in [0.1, 0.15) is 24.0 Å². The van der Waals surface area contributed by atoms with Gasteiger partial charge < -0.3 is 9.64 Å². The summed E-state index contributed by atoms with van der Waals surface area (Å²) in [6.45, 7) is 7.30. The number of carbonyl (C=O) groups is 1. The number of hydrogen-bond donors (Lipinski definition) is 0. The second kappa shape index (κ2) is 10.5. The lowest BCUT2D eigenvalue weighted by Gasteiger charge is -2.38. The van der Waals surface area contributed by atoms with Gasteiger partial charge in [0, 0.05) is 50.2 Å². The van der Waals surface area contributed by atoms with Gasteiger partial charge in [-0.3, -0.25) is 14.6 Å². The monoisotopic (exact) mass is 441 g/mol. The zero-order chi connectivity index (χ0) is 21.6. The normalized spacial score (nSPS) is 18.8. The summed E-state index contributed by atoms with van der Waals surface area (Å²) in [4.78, 5) is 20.0. The molecule has 2 saturated heterocycles. The first-order chi connectivity index (χ1) is 15.1. The van der Waals surface area contributed by atoms with Crippen LogP contribution in [-0.4, -0.2) is 67.0 Å². The van der Waals surface area contributed by atoms with Crippen molar-refractivity contribution in [2.75, 3.05) is 46.4 Å². The van der Waals surface area contributed by atoms with Crippen LogP contribution in [-0.2, 0) is 17.9 Å². The SMILES string of the molecule is COc1ccc(CN2CCC(C(=O)N3CCN(Cc4cccc(Cl)c4)CC3)CC2)cc1. The average Bonchev–Trinajstić information content (AvgIpc) is 2.80. The fourth-order valence-corrected chi connectivity index (χ4v) is 4.82. The Balaban J connectivity index is 1.20. The summed E-state index contributed by atoms with van der Waals surface area (Å²) in [5, 5.41) is 0.782. The fourth-order valence-electron chi connectivity index (χ4n) is 4.61. The molecule has 2 fully saturated rings. The van der Waals surface area contributed by atoms with Gasteiger partial charge in [-0.15, -0.1) is 0 Å². The summed E-state index contributed by atoms with van der Waals surface area (Å²) in [6, 6.07) is 16.3. The molecular weight excluding hydrogens is 410 g/mol. The van der Waals surface area contributed by atoms with Crippen LogP contribution in [0, 0.1) is 5.92 Å². The van der Waals surface area contributed by atoms with Crippen LogP contribution in [0.15, 0.2) is 48.5 Å². The van der Waals surface area contributed by atoms with E-state index >= 15 is 0 Å². The Kier molecular flexibility index (Phi) is 7.49. The van der Waals surface area contributed by atoms with Gasteiger partial charge in [0.25, 0.3) is 0 Å². The van der Waals surface area contributed by atoms with Crippen LogP contribution < -0.4 is 4.74 Å². The summed E-state index contributed by atoms with van der Waals surface area (Å²) < 4.78 is 5.23. The van der Waals surface area contributed by atoms with Crippen molar-refractivity contribution in [1.29, 1.82) is 0 Å². The Morgan fingerprint density at radius 3 is 2.19 bits per heavy atom. The van der Waals surface area contributed by atoms with Crippen LogP contribution >= 0.6 is 11.6 Å². The van der Waals surface area contributed by atoms with Crippen LogP contribution in [0.2, 0.25) is 5.02 Å². The van der Waals surface area contributed by atoms with E-state index in [1.807, 2.05) is 30.3 Å². The minimum Gasteiger partial charge on any atom is -0.497 e. The number of rotatable bonds is 6. The molecule has 2 aromatic rings. The topological polar surface area (TPSA) is 36.0 Å². The molecule has 6 heteroatoms. The molecule has 31 heavy (non-hydrogen) atoms. The molecule has 166 valence electrons. The molecular formula is C25H32ClN3O2. The maximum Gasteiger partial charge on any atom is 0.225 e. The van der Waals surface area contributed by atoms with E-state index in [2.05, 4.69) is 32.9 Å². The third-order valence-electron chi connectivity index (χ3n) is 6.48. The molecule has 0 aromatic heterocycles. The number of halogens is 1. The van der Waals surface area contributed by atoms with E-state index in [0.717, 1.165) is 76.0 Å². The van der Waals surface area contributed by atoms with E-state index in [1.54, 1.807) is 7.11 Å². The molecule has 2 aliphatic heterocycles. The lowest BCUT2D eigenvalue weighted by atomic mass is 9.94. The second-order valence-corrected chi connectivity index (χ2v) is 9.07. The second-order valence-electron chi connectivity index (χ2n) is 8.63. The number of amides is 1. The van der Waals surface area contributed by atoms with Crippen molar-refractivity contribution in [3.05, 3.63) is 64.7 Å². The summed E-state index contributed by atoms with van der Waals surface area (Å²) >= 11 is 6.10. The Hall–Kier alpha value is -2.08.